The van der Waals surface area contributed by atoms with Gasteiger partial charge in [0.05, 0.1) is 11.2 Å². The molecule has 0 radical (unpaired) electrons. The fourth-order valence-corrected chi connectivity index (χ4v) is 3.55. The average Bonchev–Trinajstić information content (AvgIpc) is 3.18. The first-order valence-electron chi connectivity index (χ1n) is 8.67. The van der Waals surface area contributed by atoms with Crippen LogP contribution in [0.3, 0.4) is 0 Å². The molecule has 0 aliphatic carbocycles. The second-order valence-corrected chi connectivity index (χ2v) is 7.67. The van der Waals surface area contributed by atoms with E-state index in [-0.39, 0.29) is 19.0 Å². The number of ether oxygens (including phenoxy) is 1. The number of hydrogen-bond acceptors (Lipinski definition) is 6. The topological polar surface area (TPSA) is 149 Å². The molecule has 1 amide bonds. The van der Waals surface area contributed by atoms with Crippen molar-refractivity contribution >= 4 is 22.9 Å². The molecule has 0 spiro atoms. The number of alkyl halides is 2. The van der Waals surface area contributed by atoms with Crippen LogP contribution in [0.1, 0.15) is 19.8 Å². The van der Waals surface area contributed by atoms with Crippen molar-refractivity contribution in [1.29, 1.82) is 0 Å². The Kier molecular flexibility index (Phi) is 9.89. The third-order valence-corrected chi connectivity index (χ3v) is 5.36. The standard InChI is InChI=1S/C14H19FN4O3S.C3H4F2O2/c15-6-10(7-16)9-22-13-4-3-11(8-18-13)23(21)19-5-1-2-12(19)14(17)20;1-3(4,5)2(6)7/h3-4,6,8,12H,1-2,5,7,9,16H2,(H2,17,20);1H3,(H,6,7)/b10-6-;. The van der Waals surface area contributed by atoms with Crippen LogP contribution in [-0.4, -0.2) is 62.1 Å². The van der Waals surface area contributed by atoms with Gasteiger partial charge in [0.2, 0.25) is 11.8 Å². The van der Waals surface area contributed by atoms with Gasteiger partial charge in [-0.25, -0.2) is 22.7 Å². The molecule has 1 aromatic heterocycles. The number of carboxylic acid groups (broad SMARTS) is 1. The summed E-state index contributed by atoms with van der Waals surface area (Å²) in [5.41, 5.74) is 11.0. The van der Waals surface area contributed by atoms with Gasteiger partial charge in [-0.05, 0) is 18.9 Å². The summed E-state index contributed by atoms with van der Waals surface area (Å²) in [6, 6.07) is 2.61. The minimum absolute atomic E-state index is 0.00168. The highest BCUT2D eigenvalue weighted by atomic mass is 32.2. The molecule has 2 unspecified atom stereocenters. The number of aliphatic carboxylic acids is 1. The maximum atomic E-state index is 12.5. The number of primary amides is 1. The molecule has 9 nitrogen and oxygen atoms in total. The van der Waals surface area contributed by atoms with E-state index in [1.165, 1.54) is 12.3 Å². The quantitative estimate of drug-likeness (QED) is 0.532. The summed E-state index contributed by atoms with van der Waals surface area (Å²) in [5, 5.41) is 7.50. The number of hydrogen-bond donors (Lipinski definition) is 3. The number of nitrogens with zero attached hydrogens (tertiary/aromatic N) is 2. The Morgan fingerprint density at radius 1 is 1.47 bits per heavy atom. The number of carbonyl (C=O) groups is 2. The third-order valence-electron chi connectivity index (χ3n) is 3.85. The van der Waals surface area contributed by atoms with Crippen LogP contribution in [0.4, 0.5) is 13.2 Å². The predicted octanol–water partition coefficient (Wildman–Crippen LogP) is 0.971. The van der Waals surface area contributed by atoms with Crippen LogP contribution in [0.15, 0.2) is 35.1 Å². The maximum Gasteiger partial charge on any atom is 0.374 e. The van der Waals surface area contributed by atoms with Gasteiger partial charge in [0, 0.05) is 37.8 Å². The maximum absolute atomic E-state index is 12.5. The molecule has 0 aromatic carbocycles. The predicted molar refractivity (Wildman–Crippen MR) is 102 cm³/mol. The number of rotatable bonds is 8. The van der Waals surface area contributed by atoms with Gasteiger partial charge in [-0.2, -0.15) is 8.78 Å². The number of carbonyl (C=O) groups excluding carboxylic acids is 1. The molecule has 5 N–H and O–H groups in total. The van der Waals surface area contributed by atoms with E-state index < -0.39 is 34.8 Å². The Bertz CT molecular complexity index is 787. The van der Waals surface area contributed by atoms with Crippen molar-refractivity contribution in [3.8, 4) is 5.88 Å². The van der Waals surface area contributed by atoms with Gasteiger partial charge in [0.25, 0.3) is 0 Å². The Balaban J connectivity index is 0.000000553. The summed E-state index contributed by atoms with van der Waals surface area (Å²) < 4.78 is 54.2. The Labute approximate surface area is 173 Å². The normalized spacial score (nSPS) is 18.3. The van der Waals surface area contributed by atoms with Crippen LogP contribution in [-0.2, 0) is 20.6 Å². The van der Waals surface area contributed by atoms with Crippen molar-refractivity contribution in [2.24, 2.45) is 11.5 Å². The van der Waals surface area contributed by atoms with Crippen LogP contribution in [0.25, 0.3) is 0 Å². The van der Waals surface area contributed by atoms with Crippen LogP contribution in [0, 0.1) is 0 Å². The summed E-state index contributed by atoms with van der Waals surface area (Å²) >= 11 is 0. The van der Waals surface area contributed by atoms with Gasteiger partial charge in [-0.1, -0.05) is 0 Å². The molecule has 1 aromatic rings. The fourth-order valence-electron chi connectivity index (χ4n) is 2.22. The summed E-state index contributed by atoms with van der Waals surface area (Å²) in [6.45, 7) is 0.926. The average molecular weight is 452 g/mol. The molecule has 2 heterocycles. The zero-order valence-corrected chi connectivity index (χ0v) is 16.9. The van der Waals surface area contributed by atoms with Gasteiger partial charge < -0.3 is 21.3 Å². The number of pyridine rings is 1. The molecule has 13 heteroatoms. The number of halogens is 3. The largest absolute Gasteiger partial charge is 0.477 e. The number of aromatic nitrogens is 1. The molecule has 1 saturated heterocycles. The highest BCUT2D eigenvalue weighted by molar-refractivity contribution is 7.82. The highest BCUT2D eigenvalue weighted by Crippen LogP contribution is 2.23. The summed E-state index contributed by atoms with van der Waals surface area (Å²) in [7, 11) is -1.51. The highest BCUT2D eigenvalue weighted by Gasteiger charge is 2.33. The van der Waals surface area contributed by atoms with Gasteiger partial charge in [0.15, 0.2) is 0 Å². The van der Waals surface area contributed by atoms with E-state index >= 15 is 0 Å². The smallest absolute Gasteiger partial charge is 0.374 e. The van der Waals surface area contributed by atoms with E-state index in [1.807, 2.05) is 0 Å². The monoisotopic (exact) mass is 452 g/mol. The minimum Gasteiger partial charge on any atom is -0.477 e. The fraction of sp³-hybridized carbons (Fsp3) is 0.471. The van der Waals surface area contributed by atoms with E-state index in [2.05, 4.69) is 4.98 Å². The van der Waals surface area contributed by atoms with Crippen LogP contribution in [0.2, 0.25) is 0 Å². The molecule has 1 aliphatic heterocycles. The Morgan fingerprint density at radius 3 is 2.53 bits per heavy atom. The molecule has 1 aliphatic rings. The van der Waals surface area contributed by atoms with Crippen molar-refractivity contribution in [3.05, 3.63) is 30.2 Å². The van der Waals surface area contributed by atoms with E-state index in [9.17, 15) is 27.0 Å². The van der Waals surface area contributed by atoms with Crippen molar-refractivity contribution in [2.45, 2.75) is 36.6 Å². The second-order valence-electron chi connectivity index (χ2n) is 6.24. The van der Waals surface area contributed by atoms with Gasteiger partial charge in [-0.15, -0.1) is 0 Å². The van der Waals surface area contributed by atoms with Crippen LogP contribution in [0.5, 0.6) is 5.88 Å². The first-order chi connectivity index (χ1) is 14.0. The van der Waals surface area contributed by atoms with Crippen molar-refractivity contribution in [3.63, 3.8) is 0 Å². The lowest BCUT2D eigenvalue weighted by molar-refractivity contribution is -0.161. The lowest BCUT2D eigenvalue weighted by Gasteiger charge is -2.20. The molecule has 1 fully saturated rings. The molecule has 0 bridgehead atoms. The molecule has 30 heavy (non-hydrogen) atoms. The van der Waals surface area contributed by atoms with Crippen LogP contribution >= 0.6 is 0 Å². The Hall–Kier alpha value is -2.51. The zero-order chi connectivity index (χ0) is 22.9. The molecule has 2 rings (SSSR count). The lowest BCUT2D eigenvalue weighted by atomic mass is 10.2. The van der Waals surface area contributed by atoms with E-state index in [0.29, 0.717) is 36.7 Å². The van der Waals surface area contributed by atoms with Gasteiger partial charge in [0.1, 0.15) is 23.6 Å². The SMILES string of the molecule is CC(F)(F)C(=O)O.NC/C(=C/F)COc1ccc(S(=O)N2CCCC2C(N)=O)cn1. The minimum atomic E-state index is -3.58. The summed E-state index contributed by atoms with van der Waals surface area (Å²) in [4.78, 5) is 25.1. The first kappa shape index (κ1) is 25.5. The Morgan fingerprint density at radius 2 is 2.10 bits per heavy atom. The zero-order valence-electron chi connectivity index (χ0n) is 16.1. The number of amides is 1. The van der Waals surface area contributed by atoms with E-state index in [1.54, 1.807) is 10.4 Å². The molecule has 168 valence electrons. The van der Waals surface area contributed by atoms with E-state index in [0.717, 1.165) is 6.42 Å². The second kappa shape index (κ2) is 11.6. The summed E-state index contributed by atoms with van der Waals surface area (Å²) in [6.07, 6.45) is 3.18. The van der Waals surface area contributed by atoms with Gasteiger partial charge >= 0.3 is 11.9 Å². The molecular weight excluding hydrogens is 429 g/mol. The van der Waals surface area contributed by atoms with Crippen molar-refractivity contribution in [1.82, 2.24) is 9.29 Å². The molecule has 2 atom stereocenters. The summed E-state index contributed by atoms with van der Waals surface area (Å²) in [5.74, 6) is -5.88. The molecular formula is C17H23F3N4O5S. The van der Waals surface area contributed by atoms with E-state index in [4.69, 9.17) is 21.3 Å². The van der Waals surface area contributed by atoms with Gasteiger partial charge in [-0.3, -0.25) is 4.79 Å². The van der Waals surface area contributed by atoms with Crippen molar-refractivity contribution < 1.29 is 36.8 Å². The lowest BCUT2D eigenvalue weighted by Crippen LogP contribution is -2.41. The van der Waals surface area contributed by atoms with Crippen molar-refractivity contribution in [2.75, 3.05) is 19.7 Å². The number of nitrogens with two attached hydrogens (primary N) is 2. The third kappa shape index (κ3) is 7.72. The van der Waals surface area contributed by atoms with Crippen LogP contribution < -0.4 is 16.2 Å². The first-order valence-corrected chi connectivity index (χ1v) is 9.78. The number of carboxylic acids is 1. The molecule has 0 saturated carbocycles.